The fourth-order valence-electron chi connectivity index (χ4n) is 4.24. The van der Waals surface area contributed by atoms with Crippen molar-refractivity contribution in [2.45, 2.75) is 64.8 Å². The lowest BCUT2D eigenvalue weighted by Gasteiger charge is -2.38. The summed E-state index contributed by atoms with van der Waals surface area (Å²) in [6.45, 7) is 9.22. The topological polar surface area (TPSA) is 73.8 Å². The van der Waals surface area contributed by atoms with Gasteiger partial charge < -0.3 is 10.2 Å². The van der Waals surface area contributed by atoms with E-state index in [9.17, 15) is 8.42 Å². The second-order valence-corrected chi connectivity index (χ2v) is 10.2. The maximum absolute atomic E-state index is 12.4. The van der Waals surface area contributed by atoms with Gasteiger partial charge in [0.2, 0.25) is 10.0 Å². The zero-order chi connectivity index (χ0) is 20.2. The molecule has 0 atom stereocenters. The standard InChI is InChI=1S/C21H34N4O2S/c1-4-22-20(25-13-12-21(16-25)10-7-11-21)23-14-18-8-5-6-9-19(18)15-28(26,27)24-17(2)3/h5-6,8-9,17,24H,4,7,10-16H2,1-3H3,(H,22,23). The second kappa shape index (κ2) is 8.82. The van der Waals surface area contributed by atoms with Gasteiger partial charge in [0.15, 0.2) is 5.96 Å². The molecule has 3 rings (SSSR count). The molecule has 156 valence electrons. The zero-order valence-electron chi connectivity index (χ0n) is 17.4. The van der Waals surface area contributed by atoms with Gasteiger partial charge in [-0.05, 0) is 56.6 Å². The van der Waals surface area contributed by atoms with Gasteiger partial charge in [-0.1, -0.05) is 30.7 Å². The highest BCUT2D eigenvalue weighted by Gasteiger charge is 2.43. The quantitative estimate of drug-likeness (QED) is 0.539. The Morgan fingerprint density at radius 1 is 1.21 bits per heavy atom. The molecule has 7 heteroatoms. The fourth-order valence-corrected chi connectivity index (χ4v) is 5.74. The molecule has 1 aliphatic carbocycles. The summed E-state index contributed by atoms with van der Waals surface area (Å²) in [5.74, 6) is 0.935. The number of nitrogens with zero attached hydrogens (tertiary/aromatic N) is 2. The van der Waals surface area contributed by atoms with Gasteiger partial charge in [-0.2, -0.15) is 0 Å². The van der Waals surface area contributed by atoms with Crippen molar-refractivity contribution in [3.63, 3.8) is 0 Å². The third-order valence-corrected chi connectivity index (χ3v) is 7.29. The molecule has 1 saturated heterocycles. The molecule has 1 saturated carbocycles. The monoisotopic (exact) mass is 406 g/mol. The molecule has 1 heterocycles. The highest BCUT2D eigenvalue weighted by atomic mass is 32.2. The van der Waals surface area contributed by atoms with Crippen LogP contribution in [0.4, 0.5) is 0 Å². The normalized spacial score (nSPS) is 19.3. The molecule has 0 bridgehead atoms. The van der Waals surface area contributed by atoms with E-state index in [1.807, 2.05) is 38.1 Å². The van der Waals surface area contributed by atoms with Gasteiger partial charge in [0, 0.05) is 25.7 Å². The summed E-state index contributed by atoms with van der Waals surface area (Å²) in [6, 6.07) is 7.59. The van der Waals surface area contributed by atoms with Gasteiger partial charge in [-0.25, -0.2) is 18.1 Å². The van der Waals surface area contributed by atoms with E-state index in [4.69, 9.17) is 4.99 Å². The van der Waals surface area contributed by atoms with E-state index in [1.165, 1.54) is 25.7 Å². The predicted molar refractivity (Wildman–Crippen MR) is 115 cm³/mol. The minimum atomic E-state index is -3.36. The van der Waals surface area contributed by atoms with Crippen LogP contribution in [-0.4, -0.2) is 45.0 Å². The minimum absolute atomic E-state index is 0.0137. The van der Waals surface area contributed by atoms with Crippen molar-refractivity contribution < 1.29 is 8.42 Å². The van der Waals surface area contributed by atoms with Gasteiger partial charge in [-0.15, -0.1) is 0 Å². The molecule has 6 nitrogen and oxygen atoms in total. The Bertz CT molecular complexity index is 800. The number of benzene rings is 1. The van der Waals surface area contributed by atoms with Crippen LogP contribution in [0.5, 0.6) is 0 Å². The third-order valence-electron chi connectivity index (χ3n) is 5.77. The summed E-state index contributed by atoms with van der Waals surface area (Å²) in [6.07, 6.45) is 5.29. The number of rotatable bonds is 7. The molecule has 1 aromatic rings. The highest BCUT2D eigenvalue weighted by Crippen LogP contribution is 2.47. The summed E-state index contributed by atoms with van der Waals surface area (Å²) in [5, 5.41) is 3.42. The zero-order valence-corrected chi connectivity index (χ0v) is 18.2. The van der Waals surface area contributed by atoms with Crippen LogP contribution in [0.25, 0.3) is 0 Å². The van der Waals surface area contributed by atoms with Crippen molar-refractivity contribution in [2.24, 2.45) is 10.4 Å². The van der Waals surface area contributed by atoms with Crippen molar-refractivity contribution in [1.29, 1.82) is 0 Å². The minimum Gasteiger partial charge on any atom is -0.357 e. The molecule has 1 aliphatic heterocycles. The first-order valence-corrected chi connectivity index (χ1v) is 12.1. The van der Waals surface area contributed by atoms with E-state index in [1.54, 1.807) is 0 Å². The van der Waals surface area contributed by atoms with Crippen molar-refractivity contribution in [3.8, 4) is 0 Å². The predicted octanol–water partition coefficient (Wildman–Crippen LogP) is 2.86. The lowest BCUT2D eigenvalue weighted by atomic mass is 9.68. The van der Waals surface area contributed by atoms with Gasteiger partial charge in [0.05, 0.1) is 12.3 Å². The molecule has 2 aliphatic rings. The molecule has 1 aromatic carbocycles. The smallest absolute Gasteiger partial charge is 0.216 e. The molecular formula is C21H34N4O2S. The molecule has 0 aromatic heterocycles. The summed E-state index contributed by atoms with van der Waals surface area (Å²) >= 11 is 0. The highest BCUT2D eigenvalue weighted by molar-refractivity contribution is 7.88. The molecule has 0 amide bonds. The van der Waals surface area contributed by atoms with Crippen molar-refractivity contribution in [2.75, 3.05) is 19.6 Å². The van der Waals surface area contributed by atoms with Crippen molar-refractivity contribution in [1.82, 2.24) is 14.9 Å². The van der Waals surface area contributed by atoms with Crippen molar-refractivity contribution in [3.05, 3.63) is 35.4 Å². The number of aliphatic imine (C=N–C) groups is 1. The second-order valence-electron chi connectivity index (χ2n) is 8.50. The van der Waals surface area contributed by atoms with Crippen LogP contribution in [0, 0.1) is 5.41 Å². The van der Waals surface area contributed by atoms with Crippen LogP contribution < -0.4 is 10.0 Å². The first kappa shape index (κ1) is 21.1. The summed E-state index contributed by atoms with van der Waals surface area (Å²) in [4.78, 5) is 7.23. The number of hydrogen-bond donors (Lipinski definition) is 2. The number of hydrogen-bond acceptors (Lipinski definition) is 3. The summed E-state index contributed by atoms with van der Waals surface area (Å²) in [7, 11) is -3.36. The average Bonchev–Trinajstić information content (AvgIpc) is 3.04. The van der Waals surface area contributed by atoms with E-state index in [0.29, 0.717) is 12.0 Å². The van der Waals surface area contributed by atoms with Crippen LogP contribution in [0.2, 0.25) is 0 Å². The first-order chi connectivity index (χ1) is 13.3. The van der Waals surface area contributed by atoms with Crippen molar-refractivity contribution >= 4 is 16.0 Å². The SMILES string of the molecule is CCNC(=NCc1ccccc1CS(=O)(=O)NC(C)C)N1CCC2(CCC2)C1. The van der Waals surface area contributed by atoms with E-state index >= 15 is 0 Å². The molecule has 2 fully saturated rings. The van der Waals surface area contributed by atoms with E-state index < -0.39 is 10.0 Å². The molecular weight excluding hydrogens is 372 g/mol. The van der Waals surface area contributed by atoms with E-state index in [0.717, 1.165) is 36.7 Å². The van der Waals surface area contributed by atoms with Crippen LogP contribution >= 0.6 is 0 Å². The van der Waals surface area contributed by atoms with Crippen LogP contribution in [0.1, 0.15) is 57.6 Å². The van der Waals surface area contributed by atoms with Gasteiger partial charge in [0.25, 0.3) is 0 Å². The van der Waals surface area contributed by atoms with E-state index in [2.05, 4.69) is 21.9 Å². The Kier molecular flexibility index (Phi) is 6.65. The number of likely N-dealkylation sites (tertiary alicyclic amines) is 1. The Labute approximate surface area is 169 Å². The van der Waals surface area contributed by atoms with Crippen LogP contribution in [-0.2, 0) is 22.3 Å². The lowest BCUT2D eigenvalue weighted by molar-refractivity contribution is 0.151. The van der Waals surface area contributed by atoms with Gasteiger partial charge >= 0.3 is 0 Å². The number of guanidine groups is 1. The van der Waals surface area contributed by atoms with E-state index in [-0.39, 0.29) is 11.8 Å². The maximum atomic E-state index is 12.4. The van der Waals surface area contributed by atoms with Crippen LogP contribution in [0.3, 0.4) is 0 Å². The maximum Gasteiger partial charge on any atom is 0.216 e. The van der Waals surface area contributed by atoms with Gasteiger partial charge in [0.1, 0.15) is 0 Å². The molecule has 1 spiro atoms. The number of nitrogens with one attached hydrogen (secondary N) is 2. The fraction of sp³-hybridized carbons (Fsp3) is 0.667. The Hall–Kier alpha value is -1.60. The first-order valence-electron chi connectivity index (χ1n) is 10.4. The largest absolute Gasteiger partial charge is 0.357 e. The van der Waals surface area contributed by atoms with Gasteiger partial charge in [-0.3, -0.25) is 0 Å². The Morgan fingerprint density at radius 2 is 1.93 bits per heavy atom. The lowest BCUT2D eigenvalue weighted by Crippen LogP contribution is -2.42. The van der Waals surface area contributed by atoms with Crippen LogP contribution in [0.15, 0.2) is 29.3 Å². The Balaban J connectivity index is 1.72. The molecule has 2 N–H and O–H groups in total. The molecule has 0 radical (unpaired) electrons. The average molecular weight is 407 g/mol. The third kappa shape index (κ3) is 5.26. The molecule has 28 heavy (non-hydrogen) atoms. The Morgan fingerprint density at radius 3 is 2.50 bits per heavy atom. The summed E-state index contributed by atoms with van der Waals surface area (Å²) in [5.41, 5.74) is 2.29. The molecule has 0 unspecified atom stereocenters. The summed E-state index contributed by atoms with van der Waals surface area (Å²) < 4.78 is 27.4. The number of sulfonamides is 1.